The first-order valence-electron chi connectivity index (χ1n) is 12.1. The van der Waals surface area contributed by atoms with Gasteiger partial charge in [-0.3, -0.25) is 0 Å². The summed E-state index contributed by atoms with van der Waals surface area (Å²) in [5, 5.41) is 11.0. The molecule has 1 aliphatic rings. The molecular weight excluding hydrogens is 503 g/mol. The number of hydrogen-bond acceptors (Lipinski definition) is 5. The van der Waals surface area contributed by atoms with E-state index in [1.54, 1.807) is 0 Å². The zero-order chi connectivity index (χ0) is 26.5. The predicted octanol–water partition coefficient (Wildman–Crippen LogP) is 5.62. The molecule has 0 fully saturated rings. The molecule has 0 bridgehead atoms. The van der Waals surface area contributed by atoms with Crippen molar-refractivity contribution in [1.82, 2.24) is 4.72 Å². The van der Waals surface area contributed by atoms with E-state index in [1.165, 1.54) is 23.3 Å². The van der Waals surface area contributed by atoms with Crippen molar-refractivity contribution < 1.29 is 27.2 Å². The van der Waals surface area contributed by atoms with Crippen LogP contribution in [0.4, 0.5) is 24.5 Å². The number of anilines is 2. The summed E-state index contributed by atoms with van der Waals surface area (Å²) >= 11 is 0. The molecule has 2 N–H and O–H groups in total. The number of aliphatic hydroxyl groups excluding tert-OH is 1. The smallest absolute Gasteiger partial charge is 0.406 e. The third-order valence-corrected chi connectivity index (χ3v) is 8.03. The maximum atomic E-state index is 13.7. The Balaban J connectivity index is 1.53. The number of benzene rings is 3. The van der Waals surface area contributed by atoms with Crippen LogP contribution in [0.15, 0.2) is 82.1 Å². The molecule has 0 aliphatic carbocycles. The number of rotatable bonds is 9. The van der Waals surface area contributed by atoms with Crippen LogP contribution in [0.5, 0.6) is 5.75 Å². The van der Waals surface area contributed by atoms with E-state index in [9.17, 15) is 22.5 Å². The van der Waals surface area contributed by atoms with Crippen LogP contribution in [0, 0.1) is 0 Å². The molecule has 37 heavy (non-hydrogen) atoms. The van der Waals surface area contributed by atoms with Crippen LogP contribution in [-0.4, -0.2) is 41.4 Å². The maximum Gasteiger partial charge on any atom is 0.573 e. The molecule has 0 spiro atoms. The number of aryl methyl sites for hydroxylation is 2. The quantitative estimate of drug-likeness (QED) is 0.374. The van der Waals surface area contributed by atoms with E-state index in [4.69, 9.17) is 0 Å². The molecule has 2 atom stereocenters. The summed E-state index contributed by atoms with van der Waals surface area (Å²) in [6.07, 6.45) is -3.32. The summed E-state index contributed by atoms with van der Waals surface area (Å²) in [7, 11) is -3.19. The van der Waals surface area contributed by atoms with Gasteiger partial charge in [0.15, 0.2) is 0 Å². The van der Waals surface area contributed by atoms with Crippen molar-refractivity contribution >= 4 is 21.3 Å². The first-order valence-corrected chi connectivity index (χ1v) is 13.6. The SMILES string of the molecule is CCCN=[S@@](=O)(NC[C@H](O)CN1c2ccccc2CCc2ccccc21)c1ccc(OC(F)(F)F)cc1. The number of para-hydroxylation sites is 2. The molecule has 0 unspecified atom stereocenters. The van der Waals surface area contributed by atoms with E-state index < -0.39 is 28.1 Å². The van der Waals surface area contributed by atoms with Crippen molar-refractivity contribution in [3.63, 3.8) is 0 Å². The Bertz CT molecular complexity index is 1270. The van der Waals surface area contributed by atoms with Crippen molar-refractivity contribution in [2.45, 2.75) is 43.5 Å². The molecule has 1 heterocycles. The number of aliphatic hydroxyl groups is 1. The standard InChI is InChI=1S/C27H30F3N3O3S/c1-2-17-31-37(35,24-15-13-23(14-16-24)36-27(28,29)30)32-18-22(34)19-33-25-9-5-3-7-20(25)11-12-21-8-4-6-10-26(21)33/h3-10,13-16,22,34H,2,11-12,17-19H2,1H3,(H,31,32,35)/t22-,37+/m0/s1. The van der Waals surface area contributed by atoms with Gasteiger partial charge in [0, 0.05) is 24.5 Å². The van der Waals surface area contributed by atoms with Crippen LogP contribution >= 0.6 is 0 Å². The van der Waals surface area contributed by atoms with Crippen LogP contribution in [0.3, 0.4) is 0 Å². The van der Waals surface area contributed by atoms with Gasteiger partial charge in [-0.15, -0.1) is 13.2 Å². The van der Waals surface area contributed by atoms with Gasteiger partial charge in [0.05, 0.1) is 17.5 Å². The van der Waals surface area contributed by atoms with E-state index in [0.717, 1.165) is 36.3 Å². The number of alkyl halides is 3. The second kappa shape index (κ2) is 11.5. The lowest BCUT2D eigenvalue weighted by molar-refractivity contribution is -0.274. The minimum Gasteiger partial charge on any atom is -0.406 e. The Hall–Kier alpha value is -3.08. The Morgan fingerprint density at radius 1 is 1.00 bits per heavy atom. The molecule has 3 aromatic rings. The number of nitrogens with zero attached hydrogens (tertiary/aromatic N) is 2. The second-order valence-electron chi connectivity index (χ2n) is 8.77. The number of nitrogens with one attached hydrogen (secondary N) is 1. The normalized spacial score (nSPS) is 15.6. The van der Waals surface area contributed by atoms with Crippen molar-refractivity contribution in [2.75, 3.05) is 24.5 Å². The molecule has 0 radical (unpaired) electrons. The average molecular weight is 534 g/mol. The first-order chi connectivity index (χ1) is 17.7. The number of hydrogen-bond donors (Lipinski definition) is 2. The molecule has 3 aromatic carbocycles. The molecule has 4 rings (SSSR count). The van der Waals surface area contributed by atoms with Gasteiger partial charge < -0.3 is 14.7 Å². The molecule has 0 saturated heterocycles. The summed E-state index contributed by atoms with van der Waals surface area (Å²) in [5.41, 5.74) is 4.40. The third kappa shape index (κ3) is 6.82. The maximum absolute atomic E-state index is 13.7. The zero-order valence-electron chi connectivity index (χ0n) is 20.4. The Kier molecular flexibility index (Phi) is 8.41. The highest BCUT2D eigenvalue weighted by atomic mass is 32.2. The van der Waals surface area contributed by atoms with Crippen molar-refractivity contribution in [3.05, 3.63) is 83.9 Å². The number of β-amino-alcohol motifs (C(OH)–C–C–N with tert-alkyl or cyclic N) is 1. The predicted molar refractivity (Wildman–Crippen MR) is 138 cm³/mol. The van der Waals surface area contributed by atoms with Gasteiger partial charge in [-0.25, -0.2) is 13.3 Å². The van der Waals surface area contributed by atoms with E-state index >= 15 is 0 Å². The lowest BCUT2D eigenvalue weighted by Gasteiger charge is -2.29. The van der Waals surface area contributed by atoms with Crippen LogP contribution in [0.1, 0.15) is 24.5 Å². The lowest BCUT2D eigenvalue weighted by atomic mass is 10.0. The molecule has 0 amide bonds. The van der Waals surface area contributed by atoms with Gasteiger partial charge in [-0.1, -0.05) is 43.3 Å². The van der Waals surface area contributed by atoms with Crippen LogP contribution < -0.4 is 14.4 Å². The van der Waals surface area contributed by atoms with Crippen molar-refractivity contribution in [3.8, 4) is 5.75 Å². The van der Waals surface area contributed by atoms with Crippen LogP contribution in [0.2, 0.25) is 0 Å². The largest absolute Gasteiger partial charge is 0.573 e. The molecule has 0 aromatic heterocycles. The summed E-state index contributed by atoms with van der Waals surface area (Å²) < 4.78 is 62.4. The molecule has 1 aliphatic heterocycles. The number of fused-ring (bicyclic) bond motifs is 2. The van der Waals surface area contributed by atoms with E-state index in [2.05, 4.69) is 30.9 Å². The van der Waals surface area contributed by atoms with E-state index in [-0.39, 0.29) is 24.5 Å². The highest BCUT2D eigenvalue weighted by Gasteiger charge is 2.31. The van der Waals surface area contributed by atoms with E-state index in [0.29, 0.717) is 6.42 Å². The van der Waals surface area contributed by atoms with Crippen LogP contribution in [-0.2, 0) is 22.8 Å². The average Bonchev–Trinajstić information content (AvgIpc) is 3.03. The monoisotopic (exact) mass is 533 g/mol. The van der Waals surface area contributed by atoms with Gasteiger partial charge in [0.1, 0.15) is 15.7 Å². The van der Waals surface area contributed by atoms with Crippen molar-refractivity contribution in [2.24, 2.45) is 4.36 Å². The van der Waals surface area contributed by atoms with Gasteiger partial charge in [0.2, 0.25) is 0 Å². The Morgan fingerprint density at radius 3 is 2.11 bits per heavy atom. The molecule has 198 valence electrons. The fourth-order valence-corrected chi connectivity index (χ4v) is 6.07. The van der Waals surface area contributed by atoms with E-state index in [1.807, 2.05) is 43.3 Å². The summed E-state index contributed by atoms with van der Waals surface area (Å²) in [6.45, 7) is 2.39. The van der Waals surface area contributed by atoms with Crippen LogP contribution in [0.25, 0.3) is 0 Å². The highest BCUT2D eigenvalue weighted by Crippen LogP contribution is 2.36. The lowest BCUT2D eigenvalue weighted by Crippen LogP contribution is -2.39. The van der Waals surface area contributed by atoms with Gasteiger partial charge in [-0.05, 0) is 66.8 Å². The summed E-state index contributed by atoms with van der Waals surface area (Å²) in [4.78, 5) is 2.30. The van der Waals surface area contributed by atoms with Gasteiger partial charge >= 0.3 is 6.36 Å². The number of ether oxygens (including phenoxy) is 1. The second-order valence-corrected chi connectivity index (χ2v) is 10.8. The zero-order valence-corrected chi connectivity index (χ0v) is 21.3. The molecule has 10 heteroatoms. The Morgan fingerprint density at radius 2 is 1.57 bits per heavy atom. The molecule has 6 nitrogen and oxygen atoms in total. The number of halogens is 3. The topological polar surface area (TPSA) is 74.2 Å². The third-order valence-electron chi connectivity index (χ3n) is 6.01. The van der Waals surface area contributed by atoms with Gasteiger partial charge in [-0.2, -0.15) is 0 Å². The molecule has 0 saturated carbocycles. The van der Waals surface area contributed by atoms with Crippen molar-refractivity contribution in [1.29, 1.82) is 0 Å². The highest BCUT2D eigenvalue weighted by molar-refractivity contribution is 7.91. The Labute approximate surface area is 215 Å². The fourth-order valence-electron chi connectivity index (χ4n) is 4.30. The molecular formula is C27H30F3N3O3S. The van der Waals surface area contributed by atoms with Gasteiger partial charge in [0.25, 0.3) is 0 Å². The minimum absolute atomic E-state index is 0.0340. The summed E-state index contributed by atoms with van der Waals surface area (Å²) in [6, 6.07) is 21.0. The fraction of sp³-hybridized carbons (Fsp3) is 0.333. The summed E-state index contributed by atoms with van der Waals surface area (Å²) in [5.74, 6) is -0.410. The first kappa shape index (κ1) is 27.0. The minimum atomic E-state index is -4.82.